The number of halogens is 1. The average Bonchev–Trinajstić information content (AvgIpc) is 2.41. The van der Waals surface area contributed by atoms with E-state index in [0.29, 0.717) is 6.04 Å². The molecule has 0 bridgehead atoms. The monoisotopic (exact) mass is 311 g/mol. The third-order valence-electron chi connectivity index (χ3n) is 4.06. The fourth-order valence-corrected chi connectivity index (χ4v) is 2.81. The summed E-state index contributed by atoms with van der Waals surface area (Å²) in [6.07, 6.45) is 2.25. The fourth-order valence-electron chi connectivity index (χ4n) is 2.54. The molecule has 2 nitrogen and oxygen atoms in total. The Hall–Kier alpha value is -0.380. The minimum Gasteiger partial charge on any atom is -0.364 e. The number of hydrogen-bond donors (Lipinski definition) is 1. The van der Waals surface area contributed by atoms with E-state index < -0.39 is 0 Å². The number of ether oxygens (including phenoxy) is 1. The van der Waals surface area contributed by atoms with Gasteiger partial charge < -0.3 is 10.1 Å². The molecule has 100 valence electrons. The van der Waals surface area contributed by atoms with Crippen LogP contribution in [0.25, 0.3) is 0 Å². The van der Waals surface area contributed by atoms with Crippen molar-refractivity contribution in [2.24, 2.45) is 0 Å². The molecule has 0 saturated carbocycles. The Bertz CT molecular complexity index is 386. The zero-order chi connectivity index (χ0) is 13.2. The van der Waals surface area contributed by atoms with Crippen molar-refractivity contribution in [3.8, 4) is 0 Å². The van der Waals surface area contributed by atoms with Crippen LogP contribution >= 0.6 is 15.9 Å². The Morgan fingerprint density at radius 1 is 1.28 bits per heavy atom. The molecular weight excluding hydrogens is 290 g/mol. The highest BCUT2D eigenvalue weighted by Gasteiger charge is 2.38. The molecule has 1 aromatic rings. The SMILES string of the molecule is CCC1(CC)CNC(C)C(c2ccc(Br)cc2)O1. The molecule has 2 unspecified atom stereocenters. The standard InChI is InChI=1S/C15H22BrNO/c1-4-15(5-2)10-17-11(3)14(18-15)12-6-8-13(16)9-7-12/h6-9,11,14,17H,4-5,10H2,1-3H3. The first-order valence-electron chi connectivity index (χ1n) is 6.77. The van der Waals surface area contributed by atoms with Gasteiger partial charge in [0.25, 0.3) is 0 Å². The Balaban J connectivity index is 2.22. The fraction of sp³-hybridized carbons (Fsp3) is 0.600. The predicted molar refractivity (Wildman–Crippen MR) is 78.7 cm³/mol. The molecule has 0 spiro atoms. The molecule has 0 amide bonds. The molecule has 1 N–H and O–H groups in total. The third kappa shape index (κ3) is 2.79. The zero-order valence-corrected chi connectivity index (χ0v) is 13.0. The van der Waals surface area contributed by atoms with Crippen LogP contribution in [0.15, 0.2) is 28.7 Å². The smallest absolute Gasteiger partial charge is 0.0983 e. The first kappa shape index (κ1) is 14.0. The molecule has 2 rings (SSSR count). The van der Waals surface area contributed by atoms with Gasteiger partial charge in [-0.3, -0.25) is 0 Å². The van der Waals surface area contributed by atoms with Crippen molar-refractivity contribution in [3.63, 3.8) is 0 Å². The van der Waals surface area contributed by atoms with E-state index in [1.165, 1.54) is 5.56 Å². The molecule has 0 aromatic heterocycles. The molecule has 18 heavy (non-hydrogen) atoms. The normalized spacial score (nSPS) is 27.1. The van der Waals surface area contributed by atoms with Gasteiger partial charge >= 0.3 is 0 Å². The number of nitrogens with one attached hydrogen (secondary N) is 1. The van der Waals surface area contributed by atoms with Crippen LogP contribution in [0.3, 0.4) is 0 Å². The lowest BCUT2D eigenvalue weighted by Gasteiger charge is -2.44. The van der Waals surface area contributed by atoms with Crippen molar-refractivity contribution in [1.29, 1.82) is 0 Å². The van der Waals surface area contributed by atoms with Crippen LogP contribution in [0.2, 0.25) is 0 Å². The van der Waals surface area contributed by atoms with Crippen LogP contribution in [0, 0.1) is 0 Å². The quantitative estimate of drug-likeness (QED) is 0.909. The van der Waals surface area contributed by atoms with Gasteiger partial charge in [-0.15, -0.1) is 0 Å². The summed E-state index contributed by atoms with van der Waals surface area (Å²) in [6, 6.07) is 8.82. The summed E-state index contributed by atoms with van der Waals surface area (Å²) in [5.74, 6) is 0. The summed E-state index contributed by atoms with van der Waals surface area (Å²) in [5.41, 5.74) is 1.24. The highest BCUT2D eigenvalue weighted by molar-refractivity contribution is 9.10. The van der Waals surface area contributed by atoms with Crippen LogP contribution < -0.4 is 5.32 Å². The summed E-state index contributed by atoms with van der Waals surface area (Å²) in [6.45, 7) is 7.57. The Morgan fingerprint density at radius 2 is 1.89 bits per heavy atom. The molecule has 3 heteroatoms. The number of rotatable bonds is 3. The maximum absolute atomic E-state index is 6.43. The van der Waals surface area contributed by atoms with Gasteiger partial charge in [-0.25, -0.2) is 0 Å². The van der Waals surface area contributed by atoms with Crippen molar-refractivity contribution < 1.29 is 4.74 Å². The second kappa shape index (κ2) is 5.72. The van der Waals surface area contributed by atoms with E-state index >= 15 is 0 Å². The number of morpholine rings is 1. The first-order chi connectivity index (χ1) is 8.60. The van der Waals surface area contributed by atoms with Gasteiger partial charge in [-0.2, -0.15) is 0 Å². The van der Waals surface area contributed by atoms with Crippen molar-refractivity contribution in [3.05, 3.63) is 34.3 Å². The predicted octanol–water partition coefficient (Wildman–Crippen LogP) is 4.06. The highest BCUT2D eigenvalue weighted by atomic mass is 79.9. The van der Waals surface area contributed by atoms with Crippen LogP contribution in [0.5, 0.6) is 0 Å². The number of hydrogen-bond acceptors (Lipinski definition) is 2. The van der Waals surface area contributed by atoms with Gasteiger partial charge in [0.05, 0.1) is 11.7 Å². The molecule has 2 atom stereocenters. The first-order valence-corrected chi connectivity index (χ1v) is 7.56. The summed E-state index contributed by atoms with van der Waals surface area (Å²) in [4.78, 5) is 0. The van der Waals surface area contributed by atoms with Crippen LogP contribution in [0.1, 0.15) is 45.3 Å². The van der Waals surface area contributed by atoms with Gasteiger partial charge in [0, 0.05) is 17.1 Å². The maximum Gasteiger partial charge on any atom is 0.0983 e. The minimum atomic E-state index is -0.00967. The summed E-state index contributed by atoms with van der Waals surface area (Å²) in [5, 5.41) is 3.60. The van der Waals surface area contributed by atoms with Gasteiger partial charge in [0.1, 0.15) is 0 Å². The Morgan fingerprint density at radius 3 is 2.44 bits per heavy atom. The van der Waals surface area contributed by atoms with E-state index in [-0.39, 0.29) is 11.7 Å². The highest BCUT2D eigenvalue weighted by Crippen LogP contribution is 2.35. The largest absolute Gasteiger partial charge is 0.364 e. The maximum atomic E-state index is 6.43. The van der Waals surface area contributed by atoms with Crippen LogP contribution in [-0.4, -0.2) is 18.2 Å². The molecule has 1 aromatic carbocycles. The van der Waals surface area contributed by atoms with Crippen molar-refractivity contribution in [2.45, 2.75) is 51.4 Å². The van der Waals surface area contributed by atoms with E-state index in [4.69, 9.17) is 4.74 Å². The van der Waals surface area contributed by atoms with Gasteiger partial charge in [0.15, 0.2) is 0 Å². The molecule has 0 radical (unpaired) electrons. The van der Waals surface area contributed by atoms with Crippen molar-refractivity contribution in [1.82, 2.24) is 5.32 Å². The second-order valence-corrected chi connectivity index (χ2v) is 6.07. The lowest BCUT2D eigenvalue weighted by molar-refractivity contribution is -0.139. The van der Waals surface area contributed by atoms with Gasteiger partial charge in [-0.05, 0) is 37.5 Å². The third-order valence-corrected chi connectivity index (χ3v) is 4.59. The lowest BCUT2D eigenvalue weighted by atomic mass is 9.91. The molecular formula is C15H22BrNO. The Labute approximate surface area is 118 Å². The average molecular weight is 312 g/mol. The summed E-state index contributed by atoms with van der Waals surface area (Å²) >= 11 is 3.48. The second-order valence-electron chi connectivity index (χ2n) is 5.15. The van der Waals surface area contributed by atoms with E-state index in [2.05, 4.69) is 66.3 Å². The molecule has 1 aliphatic rings. The van der Waals surface area contributed by atoms with E-state index in [1.807, 2.05) is 0 Å². The van der Waals surface area contributed by atoms with Gasteiger partial charge in [0.2, 0.25) is 0 Å². The van der Waals surface area contributed by atoms with E-state index in [9.17, 15) is 0 Å². The molecule has 1 heterocycles. The lowest BCUT2D eigenvalue weighted by Crippen LogP contribution is -2.54. The van der Waals surface area contributed by atoms with Gasteiger partial charge in [-0.1, -0.05) is 41.9 Å². The molecule has 0 aliphatic carbocycles. The van der Waals surface area contributed by atoms with E-state index in [1.54, 1.807) is 0 Å². The topological polar surface area (TPSA) is 21.3 Å². The molecule has 1 fully saturated rings. The zero-order valence-electron chi connectivity index (χ0n) is 11.4. The van der Waals surface area contributed by atoms with Crippen LogP contribution in [-0.2, 0) is 4.74 Å². The molecule has 1 aliphatic heterocycles. The van der Waals surface area contributed by atoms with Crippen molar-refractivity contribution in [2.75, 3.05) is 6.54 Å². The van der Waals surface area contributed by atoms with E-state index in [0.717, 1.165) is 23.9 Å². The van der Waals surface area contributed by atoms with Crippen LogP contribution in [0.4, 0.5) is 0 Å². The molecule has 1 saturated heterocycles. The minimum absolute atomic E-state index is 0.00967. The number of benzene rings is 1. The Kier molecular flexibility index (Phi) is 4.46. The van der Waals surface area contributed by atoms with Crippen molar-refractivity contribution >= 4 is 15.9 Å². The summed E-state index contributed by atoms with van der Waals surface area (Å²) < 4.78 is 7.54. The summed E-state index contributed by atoms with van der Waals surface area (Å²) in [7, 11) is 0.